The van der Waals surface area contributed by atoms with Gasteiger partial charge in [0.2, 0.25) is 15.9 Å². The molecule has 0 fully saturated rings. The molecule has 0 atom stereocenters. The molecule has 0 aliphatic heterocycles. The van der Waals surface area contributed by atoms with Gasteiger partial charge in [-0.1, -0.05) is 51.9 Å². The predicted molar refractivity (Wildman–Crippen MR) is 113 cm³/mol. The van der Waals surface area contributed by atoms with Crippen molar-refractivity contribution < 1.29 is 17.7 Å². The zero-order valence-corrected chi connectivity index (χ0v) is 18.8. The third kappa shape index (κ3) is 6.40. The molecule has 0 saturated carbocycles. The summed E-state index contributed by atoms with van der Waals surface area (Å²) >= 11 is 0. The van der Waals surface area contributed by atoms with Crippen molar-refractivity contribution in [2.24, 2.45) is 5.92 Å². The van der Waals surface area contributed by atoms with E-state index in [4.69, 9.17) is 4.52 Å². The van der Waals surface area contributed by atoms with Gasteiger partial charge in [-0.3, -0.25) is 4.79 Å². The third-order valence-electron chi connectivity index (χ3n) is 4.53. The molecule has 0 spiro atoms. The number of nitrogens with one attached hydrogen (secondary N) is 1. The summed E-state index contributed by atoms with van der Waals surface area (Å²) in [6, 6.07) is 8.45. The molecule has 1 aromatic heterocycles. The van der Waals surface area contributed by atoms with Crippen LogP contribution in [0, 0.1) is 12.8 Å². The van der Waals surface area contributed by atoms with Crippen molar-refractivity contribution in [3.63, 3.8) is 0 Å². The molecule has 0 aliphatic carbocycles. The minimum atomic E-state index is -3.81. The van der Waals surface area contributed by atoms with Crippen LogP contribution in [-0.2, 0) is 20.2 Å². The van der Waals surface area contributed by atoms with Crippen LogP contribution in [0.3, 0.4) is 0 Å². The number of carbonyl (C=O) groups excluding carboxylic acids is 1. The summed E-state index contributed by atoms with van der Waals surface area (Å²) in [5, 5.41) is 6.30. The second-order valence-electron chi connectivity index (χ2n) is 8.67. The van der Waals surface area contributed by atoms with E-state index in [1.165, 1.54) is 4.31 Å². The highest BCUT2D eigenvalue weighted by Gasteiger charge is 2.27. The van der Waals surface area contributed by atoms with Gasteiger partial charge in [-0.25, -0.2) is 8.42 Å². The molecule has 2 aromatic rings. The van der Waals surface area contributed by atoms with E-state index in [0.717, 1.165) is 5.56 Å². The number of aryl methyl sites for hydroxylation is 1. The summed E-state index contributed by atoms with van der Waals surface area (Å²) in [6.45, 7) is 11.9. The quantitative estimate of drug-likeness (QED) is 0.696. The third-order valence-corrected chi connectivity index (χ3v) is 6.39. The van der Waals surface area contributed by atoms with Gasteiger partial charge in [0.15, 0.2) is 5.82 Å². The molecule has 1 heterocycles. The summed E-state index contributed by atoms with van der Waals surface area (Å²) < 4.78 is 32.6. The van der Waals surface area contributed by atoms with Gasteiger partial charge in [0.25, 0.3) is 0 Å². The Labute approximate surface area is 173 Å². The van der Waals surface area contributed by atoms with Crippen molar-refractivity contribution in [3.05, 3.63) is 41.7 Å². The first-order chi connectivity index (χ1) is 13.4. The van der Waals surface area contributed by atoms with Crippen molar-refractivity contribution in [3.8, 4) is 0 Å². The van der Waals surface area contributed by atoms with Crippen LogP contribution in [-0.4, -0.2) is 36.9 Å². The summed E-state index contributed by atoms with van der Waals surface area (Å²) in [5.41, 5.74) is 0.971. The highest BCUT2D eigenvalue weighted by molar-refractivity contribution is 7.89. The Hall–Kier alpha value is -2.19. The monoisotopic (exact) mass is 421 g/mol. The van der Waals surface area contributed by atoms with Gasteiger partial charge in [-0.05, 0) is 42.4 Å². The van der Waals surface area contributed by atoms with Gasteiger partial charge < -0.3 is 9.84 Å². The van der Waals surface area contributed by atoms with Crippen molar-refractivity contribution in [1.82, 2.24) is 9.46 Å². The van der Waals surface area contributed by atoms with Crippen LogP contribution < -0.4 is 5.32 Å². The maximum atomic E-state index is 13.2. The lowest BCUT2D eigenvalue weighted by atomic mass is 9.87. The van der Waals surface area contributed by atoms with E-state index >= 15 is 0 Å². The number of hydrogen-bond donors (Lipinski definition) is 1. The number of hydrogen-bond acceptors (Lipinski definition) is 5. The summed E-state index contributed by atoms with van der Waals surface area (Å²) in [6.07, 6.45) is 0.648. The molecule has 1 N–H and O–H groups in total. The summed E-state index contributed by atoms with van der Waals surface area (Å²) in [5.74, 6) is 0.668. The Morgan fingerprint density at radius 3 is 2.31 bits per heavy atom. The largest absolute Gasteiger partial charge is 0.360 e. The van der Waals surface area contributed by atoms with Crippen LogP contribution in [0.15, 0.2) is 39.8 Å². The minimum Gasteiger partial charge on any atom is -0.360 e. The zero-order chi connectivity index (χ0) is 21.8. The molecule has 0 bridgehead atoms. The molecule has 160 valence electrons. The van der Waals surface area contributed by atoms with Gasteiger partial charge in [-0.15, -0.1) is 0 Å². The van der Waals surface area contributed by atoms with Crippen molar-refractivity contribution in [2.75, 3.05) is 18.4 Å². The Morgan fingerprint density at radius 2 is 1.83 bits per heavy atom. The maximum Gasteiger partial charge on any atom is 0.243 e. The fourth-order valence-electron chi connectivity index (χ4n) is 2.73. The van der Waals surface area contributed by atoms with E-state index in [1.54, 1.807) is 25.1 Å². The van der Waals surface area contributed by atoms with E-state index in [2.05, 4.69) is 31.2 Å². The normalized spacial score (nSPS) is 12.6. The number of nitrogens with zero attached hydrogens (tertiary/aromatic N) is 2. The first-order valence-corrected chi connectivity index (χ1v) is 11.2. The Bertz CT molecular complexity index is 926. The second kappa shape index (κ2) is 9.09. The van der Waals surface area contributed by atoms with E-state index < -0.39 is 15.9 Å². The smallest absolute Gasteiger partial charge is 0.243 e. The fraction of sp³-hybridized carbons (Fsp3) is 0.524. The fourth-order valence-corrected chi connectivity index (χ4v) is 4.14. The molecule has 2 rings (SSSR count). The van der Waals surface area contributed by atoms with Crippen LogP contribution in [0.5, 0.6) is 0 Å². The number of rotatable bonds is 8. The zero-order valence-electron chi connectivity index (χ0n) is 18.0. The number of amides is 1. The highest BCUT2D eigenvalue weighted by atomic mass is 32.2. The lowest BCUT2D eigenvalue weighted by Gasteiger charge is -2.23. The summed E-state index contributed by atoms with van der Waals surface area (Å²) in [4.78, 5) is 12.6. The SMILES string of the molecule is Cc1cc(NC(=O)CN(CCC(C)C)S(=O)(=O)c2ccc(C(C)(C)C)cc2)no1. The van der Waals surface area contributed by atoms with E-state index in [1.807, 2.05) is 26.0 Å². The predicted octanol–water partition coefficient (Wildman–Crippen LogP) is 3.96. The number of benzene rings is 1. The molecule has 8 heteroatoms. The van der Waals surface area contributed by atoms with Crippen LogP contribution in [0.4, 0.5) is 5.82 Å². The number of aromatic nitrogens is 1. The second-order valence-corrected chi connectivity index (χ2v) is 10.6. The number of carbonyl (C=O) groups is 1. The Balaban J connectivity index is 2.23. The minimum absolute atomic E-state index is 0.0742. The van der Waals surface area contributed by atoms with Crippen molar-refractivity contribution in [1.29, 1.82) is 0 Å². The van der Waals surface area contributed by atoms with Crippen LogP contribution in [0.2, 0.25) is 0 Å². The van der Waals surface area contributed by atoms with E-state index in [9.17, 15) is 13.2 Å². The topological polar surface area (TPSA) is 92.5 Å². The van der Waals surface area contributed by atoms with Crippen LogP contribution in [0.1, 0.15) is 52.4 Å². The highest BCUT2D eigenvalue weighted by Crippen LogP contribution is 2.25. The average molecular weight is 422 g/mol. The lowest BCUT2D eigenvalue weighted by molar-refractivity contribution is -0.116. The molecule has 0 radical (unpaired) electrons. The average Bonchev–Trinajstić information content (AvgIpc) is 3.02. The first-order valence-electron chi connectivity index (χ1n) is 9.73. The molecule has 0 saturated heterocycles. The first kappa shape index (κ1) is 23.1. The lowest BCUT2D eigenvalue weighted by Crippen LogP contribution is -2.39. The number of anilines is 1. The van der Waals surface area contributed by atoms with Gasteiger partial charge in [-0.2, -0.15) is 4.31 Å². The molecular formula is C21H31N3O4S. The van der Waals surface area contributed by atoms with Crippen LogP contribution in [0.25, 0.3) is 0 Å². The Morgan fingerprint density at radius 1 is 1.21 bits per heavy atom. The molecule has 1 aromatic carbocycles. The Kier molecular flexibility index (Phi) is 7.24. The van der Waals surface area contributed by atoms with Crippen molar-refractivity contribution in [2.45, 2.75) is 58.3 Å². The van der Waals surface area contributed by atoms with Gasteiger partial charge in [0, 0.05) is 12.6 Å². The molecule has 7 nitrogen and oxygen atoms in total. The van der Waals surface area contributed by atoms with E-state index in [0.29, 0.717) is 18.1 Å². The number of sulfonamides is 1. The molecular weight excluding hydrogens is 390 g/mol. The molecule has 0 unspecified atom stereocenters. The maximum absolute atomic E-state index is 13.2. The molecule has 29 heavy (non-hydrogen) atoms. The molecule has 0 aliphatic rings. The van der Waals surface area contributed by atoms with Gasteiger partial charge in [0.1, 0.15) is 5.76 Å². The summed E-state index contributed by atoms with van der Waals surface area (Å²) in [7, 11) is -3.81. The van der Waals surface area contributed by atoms with Crippen LogP contribution >= 0.6 is 0 Å². The van der Waals surface area contributed by atoms with Gasteiger partial charge >= 0.3 is 0 Å². The van der Waals surface area contributed by atoms with Gasteiger partial charge in [0.05, 0.1) is 11.4 Å². The standard InChI is InChI=1S/C21H31N3O4S/c1-15(2)11-12-24(14-20(25)22-19-13-16(3)28-23-19)29(26,27)18-9-7-17(8-10-18)21(4,5)6/h7-10,13,15H,11-12,14H2,1-6H3,(H,22,23,25). The van der Waals surface area contributed by atoms with E-state index in [-0.39, 0.29) is 29.2 Å². The van der Waals surface area contributed by atoms with Crippen molar-refractivity contribution >= 4 is 21.7 Å². The molecule has 1 amide bonds.